The van der Waals surface area contributed by atoms with Crippen LogP contribution in [0.4, 0.5) is 0 Å². The van der Waals surface area contributed by atoms with Crippen LogP contribution in [0.1, 0.15) is 0 Å². The van der Waals surface area contributed by atoms with E-state index in [1.165, 1.54) is 0 Å². The van der Waals surface area contributed by atoms with Crippen molar-refractivity contribution in [1.82, 2.24) is 4.90 Å². The molecule has 0 aliphatic heterocycles. The number of hydrogen-bond acceptors (Lipinski definition) is 1. The number of allylic oxidation sites excluding steroid dienone is 1. The SMILES string of the molecule is C#C/C=C/N(C)C. The number of rotatable bonds is 1. The molecule has 1 nitrogen and oxygen atoms in total. The minimum Gasteiger partial charge on any atom is -0.383 e. The highest BCUT2D eigenvalue weighted by Crippen LogP contribution is 1.72. The Hall–Kier alpha value is -0.900. The molecule has 0 rings (SSSR count). The minimum absolute atomic E-state index is 1.65. The van der Waals surface area contributed by atoms with Crippen molar-refractivity contribution in [1.29, 1.82) is 0 Å². The molecule has 0 aromatic heterocycles. The minimum atomic E-state index is 1.65. The van der Waals surface area contributed by atoms with Gasteiger partial charge in [-0.3, -0.25) is 0 Å². The smallest absolute Gasteiger partial charge is 0.00697 e. The standard InChI is InChI=1S/C6H9N/c1-4-5-6-7(2)3/h1,5-6H,2-3H3/b6-5+. The van der Waals surface area contributed by atoms with Gasteiger partial charge in [-0.1, -0.05) is 5.92 Å². The second-order valence-electron chi connectivity index (χ2n) is 1.45. The van der Waals surface area contributed by atoms with Crippen molar-refractivity contribution in [2.75, 3.05) is 14.1 Å². The molecule has 0 aromatic rings. The van der Waals surface area contributed by atoms with Gasteiger partial charge < -0.3 is 4.90 Å². The summed E-state index contributed by atoms with van der Waals surface area (Å²) in [4.78, 5) is 1.89. The van der Waals surface area contributed by atoms with Gasteiger partial charge >= 0.3 is 0 Å². The summed E-state index contributed by atoms with van der Waals surface area (Å²) in [5.41, 5.74) is 0. The summed E-state index contributed by atoms with van der Waals surface area (Å²) < 4.78 is 0. The average molecular weight is 95.1 g/mol. The molecular weight excluding hydrogens is 86.1 g/mol. The summed E-state index contributed by atoms with van der Waals surface area (Å²) in [7, 11) is 3.85. The lowest BCUT2D eigenvalue weighted by molar-refractivity contribution is 0.564. The highest BCUT2D eigenvalue weighted by atomic mass is 15.0. The van der Waals surface area contributed by atoms with E-state index in [0.717, 1.165) is 0 Å². The molecule has 0 bridgehead atoms. The van der Waals surface area contributed by atoms with E-state index < -0.39 is 0 Å². The van der Waals surface area contributed by atoms with Crippen LogP contribution in [-0.4, -0.2) is 19.0 Å². The van der Waals surface area contributed by atoms with E-state index in [4.69, 9.17) is 6.42 Å². The third-order valence-electron chi connectivity index (χ3n) is 0.469. The molecule has 0 unspecified atom stereocenters. The molecule has 0 spiro atoms. The van der Waals surface area contributed by atoms with Gasteiger partial charge in [-0.25, -0.2) is 0 Å². The molecule has 0 saturated heterocycles. The largest absolute Gasteiger partial charge is 0.383 e. The van der Waals surface area contributed by atoms with Crippen molar-refractivity contribution < 1.29 is 0 Å². The van der Waals surface area contributed by atoms with E-state index in [9.17, 15) is 0 Å². The van der Waals surface area contributed by atoms with Gasteiger partial charge in [0.15, 0.2) is 0 Å². The molecule has 7 heavy (non-hydrogen) atoms. The van der Waals surface area contributed by atoms with Crippen molar-refractivity contribution in [3.8, 4) is 12.3 Å². The Kier molecular flexibility index (Phi) is 2.87. The molecule has 0 aromatic carbocycles. The first-order chi connectivity index (χ1) is 3.27. The Morgan fingerprint density at radius 3 is 2.29 bits per heavy atom. The Morgan fingerprint density at radius 1 is 1.57 bits per heavy atom. The fourth-order valence-corrected chi connectivity index (χ4v) is 0.192. The second kappa shape index (κ2) is 3.30. The van der Waals surface area contributed by atoms with Crippen LogP contribution in [0.15, 0.2) is 12.3 Å². The summed E-state index contributed by atoms with van der Waals surface area (Å²) in [5, 5.41) is 0. The Balaban J connectivity index is 3.31. The molecule has 38 valence electrons. The lowest BCUT2D eigenvalue weighted by Crippen LogP contribution is -1.99. The number of terminal acetylenes is 1. The Labute approximate surface area is 44.6 Å². The number of nitrogens with zero attached hydrogens (tertiary/aromatic N) is 1. The van der Waals surface area contributed by atoms with Gasteiger partial charge in [-0.15, -0.1) is 6.42 Å². The predicted molar refractivity (Wildman–Crippen MR) is 31.7 cm³/mol. The molecule has 0 aliphatic rings. The first kappa shape index (κ1) is 6.10. The van der Waals surface area contributed by atoms with Gasteiger partial charge in [0.1, 0.15) is 0 Å². The molecule has 0 heterocycles. The van der Waals surface area contributed by atoms with Gasteiger partial charge in [0.05, 0.1) is 0 Å². The zero-order valence-electron chi connectivity index (χ0n) is 4.68. The van der Waals surface area contributed by atoms with Gasteiger partial charge in [0, 0.05) is 26.4 Å². The summed E-state index contributed by atoms with van der Waals surface area (Å²) in [5.74, 6) is 2.38. The highest BCUT2D eigenvalue weighted by molar-refractivity contribution is 5.07. The maximum atomic E-state index is 4.91. The van der Waals surface area contributed by atoms with Crippen LogP contribution in [0, 0.1) is 12.3 Å². The molecule has 0 atom stereocenters. The van der Waals surface area contributed by atoms with Crippen LogP contribution in [0.2, 0.25) is 0 Å². The normalized spacial score (nSPS) is 8.71. The maximum absolute atomic E-state index is 4.91. The zero-order valence-corrected chi connectivity index (χ0v) is 4.68. The van der Waals surface area contributed by atoms with Crippen LogP contribution < -0.4 is 0 Å². The summed E-state index contributed by atoms with van der Waals surface area (Å²) in [6.07, 6.45) is 8.39. The molecular formula is C6H9N. The molecule has 0 N–H and O–H groups in total. The van der Waals surface area contributed by atoms with E-state index in [-0.39, 0.29) is 0 Å². The fourth-order valence-electron chi connectivity index (χ4n) is 0.192. The van der Waals surface area contributed by atoms with E-state index >= 15 is 0 Å². The first-order valence-corrected chi connectivity index (χ1v) is 2.06. The topological polar surface area (TPSA) is 3.24 Å². The Morgan fingerprint density at radius 2 is 2.14 bits per heavy atom. The van der Waals surface area contributed by atoms with Crippen molar-refractivity contribution >= 4 is 0 Å². The first-order valence-electron chi connectivity index (χ1n) is 2.06. The van der Waals surface area contributed by atoms with E-state index in [2.05, 4.69) is 5.92 Å². The summed E-state index contributed by atoms with van der Waals surface area (Å²) >= 11 is 0. The maximum Gasteiger partial charge on any atom is 0.00697 e. The lowest BCUT2D eigenvalue weighted by Gasteiger charge is -1.99. The molecule has 0 saturated carbocycles. The van der Waals surface area contributed by atoms with Crippen molar-refractivity contribution in [3.05, 3.63) is 12.3 Å². The fraction of sp³-hybridized carbons (Fsp3) is 0.333. The number of hydrogen-bond donors (Lipinski definition) is 0. The monoisotopic (exact) mass is 95.1 g/mol. The molecule has 0 amide bonds. The second-order valence-corrected chi connectivity index (χ2v) is 1.45. The van der Waals surface area contributed by atoms with Crippen LogP contribution in [-0.2, 0) is 0 Å². The van der Waals surface area contributed by atoms with Crippen molar-refractivity contribution in [2.45, 2.75) is 0 Å². The van der Waals surface area contributed by atoms with E-state index in [0.29, 0.717) is 0 Å². The van der Waals surface area contributed by atoms with Crippen LogP contribution in [0.3, 0.4) is 0 Å². The van der Waals surface area contributed by atoms with Crippen molar-refractivity contribution in [2.24, 2.45) is 0 Å². The average Bonchev–Trinajstić information content (AvgIpc) is 1.61. The third-order valence-corrected chi connectivity index (χ3v) is 0.469. The van der Waals surface area contributed by atoms with Crippen LogP contribution in [0.5, 0.6) is 0 Å². The van der Waals surface area contributed by atoms with Gasteiger partial charge in [-0.2, -0.15) is 0 Å². The molecule has 0 fully saturated rings. The van der Waals surface area contributed by atoms with Gasteiger partial charge in [-0.05, 0) is 0 Å². The quantitative estimate of drug-likeness (QED) is 0.433. The Bertz CT molecular complexity index is 95.2. The van der Waals surface area contributed by atoms with E-state index in [1.54, 1.807) is 6.08 Å². The van der Waals surface area contributed by atoms with Gasteiger partial charge in [0.2, 0.25) is 0 Å². The zero-order chi connectivity index (χ0) is 5.70. The van der Waals surface area contributed by atoms with Crippen molar-refractivity contribution in [3.63, 3.8) is 0 Å². The molecule has 0 radical (unpaired) electrons. The van der Waals surface area contributed by atoms with Crippen LogP contribution in [0.25, 0.3) is 0 Å². The van der Waals surface area contributed by atoms with E-state index in [1.807, 2.05) is 25.2 Å². The van der Waals surface area contributed by atoms with Crippen LogP contribution >= 0.6 is 0 Å². The molecule has 1 heteroatoms. The molecule has 0 aliphatic carbocycles. The van der Waals surface area contributed by atoms with Gasteiger partial charge in [0.25, 0.3) is 0 Å². The predicted octanol–water partition coefficient (Wildman–Crippen LogP) is 0.695. The highest BCUT2D eigenvalue weighted by Gasteiger charge is 1.67. The lowest BCUT2D eigenvalue weighted by atomic mass is 10.6. The summed E-state index contributed by atoms with van der Waals surface area (Å²) in [6.45, 7) is 0. The summed E-state index contributed by atoms with van der Waals surface area (Å²) in [6, 6.07) is 0. The third kappa shape index (κ3) is 5.10.